The molecule has 0 aliphatic carbocycles. The number of aliphatic hydroxyl groups excluding tert-OH is 1. The van der Waals surface area contributed by atoms with E-state index in [2.05, 4.69) is 21.2 Å². The fourth-order valence-electron chi connectivity index (χ4n) is 4.32. The van der Waals surface area contributed by atoms with Gasteiger partial charge in [-0.05, 0) is 60.5 Å². The summed E-state index contributed by atoms with van der Waals surface area (Å²) in [7, 11) is 3.99. The highest BCUT2D eigenvalue weighted by Gasteiger charge is 2.50. The van der Waals surface area contributed by atoms with Crippen LogP contribution in [-0.2, 0) is 22.5 Å². The summed E-state index contributed by atoms with van der Waals surface area (Å²) in [6.07, 6.45) is 0.468. The number of aliphatic imine (C=N–C) groups is 1. The van der Waals surface area contributed by atoms with Crippen LogP contribution in [0, 0.1) is 0 Å². The molecule has 38 heavy (non-hydrogen) atoms. The number of rotatable bonds is 11. The van der Waals surface area contributed by atoms with Crippen molar-refractivity contribution in [1.29, 1.82) is 0 Å². The number of hydrogen-bond donors (Lipinski definition) is 2. The zero-order valence-corrected chi connectivity index (χ0v) is 23.6. The third kappa shape index (κ3) is 6.37. The van der Waals surface area contributed by atoms with Crippen molar-refractivity contribution in [3.05, 3.63) is 94.0 Å². The van der Waals surface area contributed by atoms with Crippen molar-refractivity contribution in [3.63, 3.8) is 0 Å². The molecule has 1 aliphatic heterocycles. The Morgan fingerprint density at radius 1 is 1.11 bits per heavy atom. The van der Waals surface area contributed by atoms with Crippen LogP contribution in [0.1, 0.15) is 30.0 Å². The lowest BCUT2D eigenvalue weighted by Gasteiger charge is -2.28. The summed E-state index contributed by atoms with van der Waals surface area (Å²) in [4.78, 5) is 20.8. The lowest BCUT2D eigenvalue weighted by molar-refractivity contribution is -0.128. The standard InChI is InChI=1S/C30H34BrN3O4/c1-21-30(19-24-7-4-5-8-27(24)31,29(36)32-20-22-9-13-25(14-10-22)34(2)3)33-28(38-21)23-11-15-26(16-12-23)37-18-6-17-35/h4-5,7-16,21,35H,6,17-20H2,1-3H3,(H,32,36)/t21-,30-/m1/s1. The SMILES string of the molecule is C[C@H]1OC(c2ccc(OCCCO)cc2)=N[C@@]1(Cc1ccccc1Br)C(=O)NCc1ccc(N(C)C)cc1. The van der Waals surface area contributed by atoms with Crippen molar-refractivity contribution in [2.45, 2.75) is 38.0 Å². The van der Waals surface area contributed by atoms with E-state index in [9.17, 15) is 4.79 Å². The average Bonchev–Trinajstić information content (AvgIpc) is 3.26. The van der Waals surface area contributed by atoms with Gasteiger partial charge in [0, 0.05) is 55.8 Å². The Morgan fingerprint density at radius 2 is 1.82 bits per heavy atom. The van der Waals surface area contributed by atoms with Crippen LogP contribution in [0.5, 0.6) is 5.75 Å². The van der Waals surface area contributed by atoms with Crippen LogP contribution >= 0.6 is 15.9 Å². The van der Waals surface area contributed by atoms with Crippen molar-refractivity contribution >= 4 is 33.4 Å². The molecule has 0 saturated carbocycles. The number of anilines is 1. The first-order valence-electron chi connectivity index (χ1n) is 12.7. The molecule has 200 valence electrons. The quantitative estimate of drug-likeness (QED) is 0.321. The van der Waals surface area contributed by atoms with Gasteiger partial charge in [-0.2, -0.15) is 0 Å². The zero-order valence-electron chi connectivity index (χ0n) is 22.0. The summed E-state index contributed by atoms with van der Waals surface area (Å²) in [5, 5.41) is 12.1. The monoisotopic (exact) mass is 579 g/mol. The highest BCUT2D eigenvalue weighted by atomic mass is 79.9. The summed E-state index contributed by atoms with van der Waals surface area (Å²) in [5.41, 5.74) is 2.72. The number of ether oxygens (including phenoxy) is 2. The highest BCUT2D eigenvalue weighted by Crippen LogP contribution is 2.34. The molecule has 0 unspecified atom stereocenters. The van der Waals surface area contributed by atoms with E-state index in [0.29, 0.717) is 37.6 Å². The lowest BCUT2D eigenvalue weighted by atomic mass is 9.86. The second-order valence-corrected chi connectivity index (χ2v) is 10.4. The summed E-state index contributed by atoms with van der Waals surface area (Å²) < 4.78 is 12.8. The third-order valence-corrected chi connectivity index (χ3v) is 7.42. The minimum atomic E-state index is -1.14. The summed E-state index contributed by atoms with van der Waals surface area (Å²) in [6.45, 7) is 2.81. The predicted octanol–water partition coefficient (Wildman–Crippen LogP) is 4.74. The molecule has 0 bridgehead atoms. The van der Waals surface area contributed by atoms with E-state index in [0.717, 1.165) is 26.9 Å². The van der Waals surface area contributed by atoms with Crippen LogP contribution in [-0.4, -0.2) is 55.9 Å². The Bertz CT molecular complexity index is 1260. The molecule has 3 aromatic carbocycles. The van der Waals surface area contributed by atoms with Gasteiger partial charge in [0.15, 0.2) is 5.54 Å². The lowest BCUT2D eigenvalue weighted by Crippen LogP contribution is -2.52. The maximum Gasteiger partial charge on any atom is 0.252 e. The molecule has 0 aromatic heterocycles. The number of nitrogens with zero attached hydrogens (tertiary/aromatic N) is 2. The predicted molar refractivity (Wildman–Crippen MR) is 154 cm³/mol. The molecule has 7 nitrogen and oxygen atoms in total. The van der Waals surface area contributed by atoms with Crippen LogP contribution in [0.2, 0.25) is 0 Å². The van der Waals surface area contributed by atoms with Crippen molar-refractivity contribution < 1.29 is 19.4 Å². The molecule has 4 rings (SSSR count). The number of benzene rings is 3. The fraction of sp³-hybridized carbons (Fsp3) is 0.333. The number of carbonyl (C=O) groups is 1. The maximum absolute atomic E-state index is 13.9. The van der Waals surface area contributed by atoms with E-state index in [1.165, 1.54) is 0 Å². The van der Waals surface area contributed by atoms with Crippen LogP contribution in [0.15, 0.2) is 82.3 Å². The summed E-state index contributed by atoms with van der Waals surface area (Å²) >= 11 is 3.63. The first kappa shape index (κ1) is 27.7. The summed E-state index contributed by atoms with van der Waals surface area (Å²) in [6, 6.07) is 23.4. The van der Waals surface area contributed by atoms with Crippen molar-refractivity contribution in [2.24, 2.45) is 4.99 Å². The van der Waals surface area contributed by atoms with E-state index in [4.69, 9.17) is 19.6 Å². The van der Waals surface area contributed by atoms with Crippen LogP contribution in [0.3, 0.4) is 0 Å². The summed E-state index contributed by atoms with van der Waals surface area (Å²) in [5.74, 6) is 0.944. The van der Waals surface area contributed by atoms with Gasteiger partial charge in [-0.25, -0.2) is 4.99 Å². The molecule has 0 spiro atoms. The molecule has 2 N–H and O–H groups in total. The zero-order chi connectivity index (χ0) is 27.1. The van der Waals surface area contributed by atoms with Crippen LogP contribution in [0.25, 0.3) is 0 Å². The van der Waals surface area contributed by atoms with Gasteiger partial charge in [-0.3, -0.25) is 4.79 Å². The fourth-order valence-corrected chi connectivity index (χ4v) is 4.75. The van der Waals surface area contributed by atoms with Crippen LogP contribution in [0.4, 0.5) is 5.69 Å². The minimum absolute atomic E-state index is 0.0870. The Kier molecular flexibility index (Phi) is 9.07. The van der Waals surface area contributed by atoms with E-state index < -0.39 is 11.6 Å². The van der Waals surface area contributed by atoms with E-state index in [-0.39, 0.29) is 12.5 Å². The normalized spacial score (nSPS) is 18.4. The molecular formula is C30H34BrN3O4. The van der Waals surface area contributed by atoms with Gasteiger partial charge in [-0.1, -0.05) is 46.3 Å². The van der Waals surface area contributed by atoms with Gasteiger partial charge in [0.1, 0.15) is 11.9 Å². The molecule has 1 heterocycles. The number of aliphatic hydroxyl groups is 1. The highest BCUT2D eigenvalue weighted by molar-refractivity contribution is 9.10. The second kappa shape index (κ2) is 12.5. The molecule has 1 aliphatic rings. The molecular weight excluding hydrogens is 546 g/mol. The third-order valence-electron chi connectivity index (χ3n) is 6.65. The van der Waals surface area contributed by atoms with Gasteiger partial charge >= 0.3 is 0 Å². The number of amides is 1. The van der Waals surface area contributed by atoms with Crippen LogP contribution < -0.4 is 15.0 Å². The number of hydrogen-bond acceptors (Lipinski definition) is 6. The van der Waals surface area contributed by atoms with Gasteiger partial charge in [0.05, 0.1) is 6.61 Å². The molecule has 8 heteroatoms. The second-order valence-electron chi connectivity index (χ2n) is 9.56. The largest absolute Gasteiger partial charge is 0.494 e. The van der Waals surface area contributed by atoms with Gasteiger partial charge in [0.2, 0.25) is 5.90 Å². The minimum Gasteiger partial charge on any atom is -0.494 e. The first-order valence-corrected chi connectivity index (χ1v) is 13.5. The molecule has 3 aromatic rings. The van der Waals surface area contributed by atoms with E-state index in [1.807, 2.05) is 98.7 Å². The smallest absolute Gasteiger partial charge is 0.252 e. The van der Waals surface area contributed by atoms with Gasteiger partial charge < -0.3 is 24.8 Å². The molecule has 0 radical (unpaired) electrons. The Labute approximate surface area is 232 Å². The van der Waals surface area contributed by atoms with Gasteiger partial charge in [-0.15, -0.1) is 0 Å². The number of nitrogens with one attached hydrogen (secondary N) is 1. The van der Waals surface area contributed by atoms with Crippen molar-refractivity contribution in [2.75, 3.05) is 32.2 Å². The van der Waals surface area contributed by atoms with Crippen molar-refractivity contribution in [1.82, 2.24) is 5.32 Å². The Balaban J connectivity index is 1.59. The maximum atomic E-state index is 13.9. The number of halogens is 1. The molecule has 1 amide bonds. The number of carbonyl (C=O) groups excluding carboxylic acids is 1. The Morgan fingerprint density at radius 3 is 2.47 bits per heavy atom. The van der Waals surface area contributed by atoms with E-state index in [1.54, 1.807) is 0 Å². The average molecular weight is 581 g/mol. The van der Waals surface area contributed by atoms with Crippen molar-refractivity contribution in [3.8, 4) is 5.75 Å². The first-order chi connectivity index (χ1) is 18.3. The van der Waals surface area contributed by atoms with E-state index >= 15 is 0 Å². The topological polar surface area (TPSA) is 83.4 Å². The molecule has 2 atom stereocenters. The van der Waals surface area contributed by atoms with Gasteiger partial charge in [0.25, 0.3) is 5.91 Å². The molecule has 0 fully saturated rings. The molecule has 0 saturated heterocycles. The Hall–Kier alpha value is -3.36.